The molecule has 0 aliphatic carbocycles. The normalized spacial score (nSPS) is 16.6. The fraction of sp³-hybridized carbons (Fsp3) is 0.533. The van der Waals surface area contributed by atoms with E-state index < -0.39 is 15.9 Å². The summed E-state index contributed by atoms with van der Waals surface area (Å²) in [5.74, 6) is -0.330. The first-order valence-electron chi connectivity index (χ1n) is 7.51. The van der Waals surface area contributed by atoms with E-state index in [4.69, 9.17) is 4.74 Å². The van der Waals surface area contributed by atoms with E-state index in [1.54, 1.807) is 0 Å². The molecule has 1 saturated heterocycles. The Labute approximate surface area is 141 Å². The molecule has 0 unspecified atom stereocenters. The van der Waals surface area contributed by atoms with Gasteiger partial charge in [-0.3, -0.25) is 9.69 Å². The molecule has 0 radical (unpaired) electrons. The second-order valence-corrected chi connectivity index (χ2v) is 7.18. The van der Waals surface area contributed by atoms with Crippen molar-refractivity contribution in [3.05, 3.63) is 24.3 Å². The molecule has 1 fully saturated rings. The van der Waals surface area contributed by atoms with E-state index in [1.165, 1.54) is 24.3 Å². The fourth-order valence-corrected chi connectivity index (χ4v) is 2.74. The quantitative estimate of drug-likeness (QED) is 0.776. The van der Waals surface area contributed by atoms with Crippen molar-refractivity contribution >= 4 is 22.1 Å². The third-order valence-corrected chi connectivity index (χ3v) is 4.04. The number of hydrogen-bond acceptors (Lipinski definition) is 6. The van der Waals surface area contributed by atoms with Crippen molar-refractivity contribution < 1.29 is 26.0 Å². The molecule has 0 aromatic heterocycles. The predicted molar refractivity (Wildman–Crippen MR) is 86.8 cm³/mol. The van der Waals surface area contributed by atoms with Crippen LogP contribution in [0.3, 0.4) is 0 Å². The molecule has 0 saturated carbocycles. The van der Waals surface area contributed by atoms with E-state index >= 15 is 0 Å². The summed E-state index contributed by atoms with van der Waals surface area (Å²) in [6.07, 6.45) is 0. The van der Waals surface area contributed by atoms with E-state index in [9.17, 15) is 17.1 Å². The predicted octanol–water partition coefficient (Wildman–Crippen LogP) is 1.58. The van der Waals surface area contributed by atoms with Gasteiger partial charge in [-0.25, -0.2) is 0 Å². The van der Waals surface area contributed by atoms with Crippen LogP contribution in [0.15, 0.2) is 24.3 Å². The Morgan fingerprint density at radius 3 is 2.42 bits per heavy atom. The van der Waals surface area contributed by atoms with Crippen molar-refractivity contribution in [3.63, 3.8) is 0 Å². The van der Waals surface area contributed by atoms with Crippen LogP contribution in [0.4, 0.5) is 9.57 Å². The summed E-state index contributed by atoms with van der Waals surface area (Å²) in [5.41, 5.74) is -0.145. The SMILES string of the molecule is CC(C)(CN1CCOCC1)C(=O)Nc1ccc(OS(=O)(=O)F)cc1. The van der Waals surface area contributed by atoms with Gasteiger partial charge in [0.25, 0.3) is 0 Å². The van der Waals surface area contributed by atoms with Gasteiger partial charge in [0.1, 0.15) is 5.75 Å². The molecule has 0 spiro atoms. The molecule has 1 aromatic rings. The molecule has 0 bridgehead atoms. The molecule has 9 heteroatoms. The Morgan fingerprint density at radius 1 is 1.29 bits per heavy atom. The van der Waals surface area contributed by atoms with Crippen molar-refractivity contribution in [1.82, 2.24) is 4.90 Å². The maximum absolute atomic E-state index is 12.5. The van der Waals surface area contributed by atoms with Crippen molar-refractivity contribution in [2.45, 2.75) is 13.8 Å². The van der Waals surface area contributed by atoms with Gasteiger partial charge in [0.2, 0.25) is 5.91 Å². The second-order valence-electron chi connectivity index (χ2n) is 6.23. The Kier molecular flexibility index (Phi) is 5.79. The van der Waals surface area contributed by atoms with Gasteiger partial charge < -0.3 is 14.2 Å². The Balaban J connectivity index is 1.94. The molecular formula is C15H21FN2O5S. The monoisotopic (exact) mass is 360 g/mol. The number of hydrogen-bond donors (Lipinski definition) is 1. The third-order valence-electron chi connectivity index (χ3n) is 3.65. The standard InChI is InChI=1S/C15H21FN2O5S/c1-15(2,11-18-7-9-22-10-8-18)14(19)17-12-3-5-13(6-4-12)23-24(16,20)21/h3-6H,7-11H2,1-2H3,(H,17,19). The highest BCUT2D eigenvalue weighted by atomic mass is 32.3. The maximum atomic E-state index is 12.5. The summed E-state index contributed by atoms with van der Waals surface area (Å²) in [4.78, 5) is 14.6. The van der Waals surface area contributed by atoms with Crippen LogP contribution in [0.5, 0.6) is 5.75 Å². The highest BCUT2D eigenvalue weighted by Crippen LogP contribution is 2.23. The number of rotatable bonds is 6. The number of amides is 1. The van der Waals surface area contributed by atoms with E-state index in [2.05, 4.69) is 14.4 Å². The Bertz CT molecular complexity index is 670. The second kappa shape index (κ2) is 7.45. The minimum Gasteiger partial charge on any atom is -0.379 e. The zero-order chi connectivity index (χ0) is 17.8. The van der Waals surface area contributed by atoms with Gasteiger partial charge in [0, 0.05) is 25.3 Å². The lowest BCUT2D eigenvalue weighted by Crippen LogP contribution is -2.46. The van der Waals surface area contributed by atoms with Crippen LogP contribution in [0, 0.1) is 5.41 Å². The summed E-state index contributed by atoms with van der Waals surface area (Å²) in [7, 11) is -5.06. The van der Waals surface area contributed by atoms with Gasteiger partial charge in [-0.2, -0.15) is 8.42 Å². The van der Waals surface area contributed by atoms with Crippen molar-refractivity contribution in [3.8, 4) is 5.75 Å². The first-order valence-corrected chi connectivity index (χ1v) is 8.82. The van der Waals surface area contributed by atoms with Crippen LogP contribution >= 0.6 is 0 Å². The van der Waals surface area contributed by atoms with Crippen LogP contribution in [0.2, 0.25) is 0 Å². The lowest BCUT2D eigenvalue weighted by Gasteiger charge is -2.33. The Morgan fingerprint density at radius 2 is 1.88 bits per heavy atom. The molecule has 1 N–H and O–H groups in total. The number of nitrogens with zero attached hydrogens (tertiary/aromatic N) is 1. The largest absolute Gasteiger partial charge is 0.488 e. The van der Waals surface area contributed by atoms with Crippen LogP contribution in [-0.4, -0.2) is 52.1 Å². The smallest absolute Gasteiger partial charge is 0.379 e. The molecule has 1 aromatic carbocycles. The minimum absolute atomic E-state index is 0.164. The number of halogens is 1. The summed E-state index contributed by atoms with van der Waals surface area (Å²) in [5, 5.41) is 2.77. The summed E-state index contributed by atoms with van der Waals surface area (Å²) in [6.45, 7) is 7.22. The highest BCUT2D eigenvalue weighted by molar-refractivity contribution is 7.81. The van der Waals surface area contributed by atoms with Gasteiger partial charge >= 0.3 is 10.5 Å². The summed E-state index contributed by atoms with van der Waals surface area (Å²) >= 11 is 0. The number of anilines is 1. The van der Waals surface area contributed by atoms with Gasteiger partial charge in [-0.05, 0) is 38.1 Å². The van der Waals surface area contributed by atoms with Crippen molar-refractivity contribution in [2.24, 2.45) is 5.41 Å². The molecule has 24 heavy (non-hydrogen) atoms. The summed E-state index contributed by atoms with van der Waals surface area (Å²) in [6, 6.07) is 5.43. The van der Waals surface area contributed by atoms with E-state index in [-0.39, 0.29) is 11.7 Å². The third kappa shape index (κ3) is 5.73. The molecular weight excluding hydrogens is 339 g/mol. The number of carbonyl (C=O) groups is 1. The molecule has 0 atom stereocenters. The fourth-order valence-electron chi connectivity index (χ4n) is 2.40. The number of ether oxygens (including phenoxy) is 1. The van der Waals surface area contributed by atoms with Crippen LogP contribution < -0.4 is 9.50 Å². The van der Waals surface area contributed by atoms with Gasteiger partial charge in [0.05, 0.1) is 18.6 Å². The average Bonchev–Trinajstić information content (AvgIpc) is 2.48. The minimum atomic E-state index is -5.06. The number of benzene rings is 1. The van der Waals surface area contributed by atoms with Gasteiger partial charge in [-0.15, -0.1) is 0 Å². The summed E-state index contributed by atoms with van der Waals surface area (Å²) < 4.78 is 42.7. The van der Waals surface area contributed by atoms with Crippen molar-refractivity contribution in [2.75, 3.05) is 38.2 Å². The topological polar surface area (TPSA) is 84.9 Å². The molecule has 7 nitrogen and oxygen atoms in total. The maximum Gasteiger partial charge on any atom is 0.488 e. The molecule has 1 heterocycles. The van der Waals surface area contributed by atoms with E-state index in [0.717, 1.165) is 13.1 Å². The van der Waals surface area contributed by atoms with E-state index in [1.807, 2.05) is 13.8 Å². The first kappa shape index (κ1) is 18.6. The van der Waals surface area contributed by atoms with Crippen molar-refractivity contribution in [1.29, 1.82) is 0 Å². The number of morpholine rings is 1. The van der Waals surface area contributed by atoms with Gasteiger partial charge in [-0.1, -0.05) is 3.89 Å². The average molecular weight is 360 g/mol. The van der Waals surface area contributed by atoms with Gasteiger partial charge in [0.15, 0.2) is 0 Å². The highest BCUT2D eigenvalue weighted by Gasteiger charge is 2.30. The number of carbonyl (C=O) groups excluding carboxylic acids is 1. The molecule has 1 aliphatic heterocycles. The number of nitrogens with one attached hydrogen (secondary N) is 1. The molecule has 1 amide bonds. The zero-order valence-electron chi connectivity index (χ0n) is 13.6. The van der Waals surface area contributed by atoms with E-state index in [0.29, 0.717) is 25.4 Å². The molecule has 2 rings (SSSR count). The lowest BCUT2D eigenvalue weighted by atomic mass is 9.91. The Hall–Kier alpha value is -1.71. The molecule has 1 aliphatic rings. The first-order chi connectivity index (χ1) is 11.2. The lowest BCUT2D eigenvalue weighted by molar-refractivity contribution is -0.125. The van der Waals surface area contributed by atoms with Crippen LogP contribution in [0.25, 0.3) is 0 Å². The zero-order valence-corrected chi connectivity index (χ0v) is 14.4. The van der Waals surface area contributed by atoms with Crippen LogP contribution in [0.1, 0.15) is 13.8 Å². The van der Waals surface area contributed by atoms with Crippen LogP contribution in [-0.2, 0) is 20.0 Å². The molecule has 134 valence electrons.